The Morgan fingerprint density at radius 1 is 0.897 bits per heavy atom. The fraction of sp³-hybridized carbons (Fsp3) is 0.773. The number of hydrogen-bond acceptors (Lipinski definition) is 7. The highest BCUT2D eigenvalue weighted by molar-refractivity contribution is 5.36. The van der Waals surface area contributed by atoms with Gasteiger partial charge in [0.05, 0.1) is 5.56 Å². The molecule has 0 spiro atoms. The molecule has 7 heteroatoms. The molecule has 0 atom stereocenters. The van der Waals surface area contributed by atoms with Crippen molar-refractivity contribution in [1.29, 1.82) is 0 Å². The summed E-state index contributed by atoms with van der Waals surface area (Å²) in [4.78, 5) is 19.5. The molecule has 4 heterocycles. The second kappa shape index (κ2) is 10.1. The fourth-order valence-corrected chi connectivity index (χ4v) is 4.89. The molecule has 0 saturated carbocycles. The van der Waals surface area contributed by atoms with E-state index in [1.165, 1.54) is 31.9 Å². The predicted molar refractivity (Wildman–Crippen MR) is 111 cm³/mol. The molecule has 7 nitrogen and oxygen atoms in total. The minimum atomic E-state index is -0.408. The largest absolute Gasteiger partial charge is 0.507 e. The molecule has 1 aromatic rings. The van der Waals surface area contributed by atoms with Crippen LogP contribution in [-0.4, -0.2) is 78.3 Å². The third kappa shape index (κ3) is 5.40. The van der Waals surface area contributed by atoms with E-state index in [0.29, 0.717) is 24.7 Å². The van der Waals surface area contributed by atoms with Gasteiger partial charge in [-0.25, -0.2) is 4.79 Å². The number of piperazine rings is 1. The normalized spacial score (nSPS) is 23.9. The molecule has 3 fully saturated rings. The van der Waals surface area contributed by atoms with Crippen molar-refractivity contribution in [3.8, 4) is 5.75 Å². The fourth-order valence-electron chi connectivity index (χ4n) is 4.89. The van der Waals surface area contributed by atoms with E-state index in [1.807, 2.05) is 0 Å². The van der Waals surface area contributed by atoms with Crippen LogP contribution in [0.3, 0.4) is 0 Å². The Balaban J connectivity index is 1.36. The summed E-state index contributed by atoms with van der Waals surface area (Å²) < 4.78 is 10.8. The van der Waals surface area contributed by atoms with Crippen LogP contribution in [-0.2, 0) is 17.8 Å². The lowest BCUT2D eigenvalue weighted by atomic mass is 10.1. The summed E-state index contributed by atoms with van der Waals surface area (Å²) in [5, 5.41) is 10.8. The van der Waals surface area contributed by atoms with Crippen LogP contribution in [0, 0.1) is 0 Å². The molecule has 0 bridgehead atoms. The van der Waals surface area contributed by atoms with Crippen molar-refractivity contribution < 1.29 is 14.3 Å². The van der Waals surface area contributed by atoms with Crippen molar-refractivity contribution >= 4 is 0 Å². The molecule has 0 amide bonds. The van der Waals surface area contributed by atoms with Crippen molar-refractivity contribution in [3.05, 3.63) is 27.8 Å². The van der Waals surface area contributed by atoms with Crippen molar-refractivity contribution in [2.75, 3.05) is 52.5 Å². The van der Waals surface area contributed by atoms with Gasteiger partial charge in [0.15, 0.2) is 0 Å². The summed E-state index contributed by atoms with van der Waals surface area (Å²) in [7, 11) is 0. The first-order valence-electron chi connectivity index (χ1n) is 11.3. The van der Waals surface area contributed by atoms with E-state index in [-0.39, 0.29) is 5.75 Å². The highest BCUT2D eigenvalue weighted by Gasteiger charge is 2.27. The molecular weight excluding hydrogens is 370 g/mol. The van der Waals surface area contributed by atoms with Gasteiger partial charge in [-0.1, -0.05) is 12.8 Å². The van der Waals surface area contributed by atoms with Crippen LogP contribution in [0.2, 0.25) is 0 Å². The molecule has 162 valence electrons. The lowest BCUT2D eigenvalue weighted by Crippen LogP contribution is -2.51. The smallest absolute Gasteiger partial charge is 0.343 e. The summed E-state index contributed by atoms with van der Waals surface area (Å²) in [5.74, 6) is 0.136. The Labute approximate surface area is 173 Å². The molecule has 0 unspecified atom stereocenters. The zero-order chi connectivity index (χ0) is 20.1. The Hall–Kier alpha value is -1.41. The maximum atomic E-state index is 12.3. The molecule has 0 aromatic carbocycles. The van der Waals surface area contributed by atoms with Crippen LogP contribution in [0.5, 0.6) is 5.75 Å². The third-order valence-corrected chi connectivity index (χ3v) is 6.73. The van der Waals surface area contributed by atoms with E-state index in [4.69, 9.17) is 9.15 Å². The van der Waals surface area contributed by atoms with Gasteiger partial charge in [-0.15, -0.1) is 0 Å². The molecule has 29 heavy (non-hydrogen) atoms. The van der Waals surface area contributed by atoms with Gasteiger partial charge in [0.1, 0.15) is 12.0 Å². The summed E-state index contributed by atoms with van der Waals surface area (Å²) in [6.45, 7) is 8.76. The highest BCUT2D eigenvalue weighted by Crippen LogP contribution is 2.25. The molecular formula is C22H35N3O4. The first-order chi connectivity index (χ1) is 14.2. The topological polar surface area (TPSA) is 69.4 Å². The maximum absolute atomic E-state index is 12.3. The minimum absolute atomic E-state index is 0.136. The molecule has 0 radical (unpaired) electrons. The second-order valence-electron chi connectivity index (χ2n) is 8.72. The van der Waals surface area contributed by atoms with Gasteiger partial charge in [0.25, 0.3) is 0 Å². The van der Waals surface area contributed by atoms with Crippen LogP contribution >= 0.6 is 0 Å². The van der Waals surface area contributed by atoms with Crippen LogP contribution < -0.4 is 5.63 Å². The molecule has 3 aliphatic heterocycles. The van der Waals surface area contributed by atoms with Crippen molar-refractivity contribution in [3.63, 3.8) is 0 Å². The van der Waals surface area contributed by atoms with Crippen molar-refractivity contribution in [2.45, 2.75) is 57.7 Å². The number of nitrogens with zero attached hydrogens (tertiary/aromatic N) is 3. The SMILES string of the molecule is O=c1occ(CN2CCCCCC2)c(O)c1CN1CCN(C2CCOCC2)CC1. The van der Waals surface area contributed by atoms with Crippen LogP contribution in [0.25, 0.3) is 0 Å². The van der Waals surface area contributed by atoms with Crippen molar-refractivity contribution in [1.82, 2.24) is 14.7 Å². The predicted octanol–water partition coefficient (Wildman–Crippen LogP) is 2.02. The van der Waals surface area contributed by atoms with Gasteiger partial charge in [0.2, 0.25) is 0 Å². The number of likely N-dealkylation sites (tertiary alicyclic amines) is 1. The monoisotopic (exact) mass is 405 g/mol. The quantitative estimate of drug-likeness (QED) is 0.804. The van der Waals surface area contributed by atoms with Gasteiger partial charge >= 0.3 is 5.63 Å². The number of rotatable bonds is 5. The van der Waals surface area contributed by atoms with Gasteiger partial charge in [-0.2, -0.15) is 0 Å². The second-order valence-corrected chi connectivity index (χ2v) is 8.72. The van der Waals surface area contributed by atoms with E-state index in [1.54, 1.807) is 0 Å². The van der Waals surface area contributed by atoms with Gasteiger partial charge < -0.3 is 14.3 Å². The lowest BCUT2D eigenvalue weighted by Gasteiger charge is -2.40. The number of aromatic hydroxyl groups is 1. The first kappa shape index (κ1) is 20.8. The molecule has 3 aliphatic rings. The molecule has 4 rings (SSSR count). The lowest BCUT2D eigenvalue weighted by molar-refractivity contribution is 0.0123. The summed E-state index contributed by atoms with van der Waals surface area (Å²) in [6, 6.07) is 0.626. The summed E-state index contributed by atoms with van der Waals surface area (Å²) in [6.07, 6.45) is 8.62. The van der Waals surface area contributed by atoms with Gasteiger partial charge in [-0.3, -0.25) is 14.7 Å². The molecule has 1 aromatic heterocycles. The Morgan fingerprint density at radius 2 is 1.55 bits per heavy atom. The van der Waals surface area contributed by atoms with Crippen LogP contribution in [0.4, 0.5) is 0 Å². The third-order valence-electron chi connectivity index (χ3n) is 6.73. The molecule has 3 saturated heterocycles. The van der Waals surface area contributed by atoms with Crippen molar-refractivity contribution in [2.24, 2.45) is 0 Å². The van der Waals surface area contributed by atoms with Gasteiger partial charge in [0, 0.05) is 64.1 Å². The van der Waals surface area contributed by atoms with E-state index in [2.05, 4.69) is 14.7 Å². The average Bonchev–Trinajstić information content (AvgIpc) is 3.03. The Kier molecular flexibility index (Phi) is 7.24. The number of ether oxygens (including phenoxy) is 1. The average molecular weight is 406 g/mol. The summed E-state index contributed by atoms with van der Waals surface area (Å²) in [5.41, 5.74) is 0.744. The van der Waals surface area contributed by atoms with Crippen LogP contribution in [0.1, 0.15) is 49.7 Å². The zero-order valence-corrected chi connectivity index (χ0v) is 17.5. The maximum Gasteiger partial charge on any atom is 0.343 e. The highest BCUT2D eigenvalue weighted by atomic mass is 16.5. The Bertz CT molecular complexity index is 700. The minimum Gasteiger partial charge on any atom is -0.507 e. The van der Waals surface area contributed by atoms with E-state index in [0.717, 1.165) is 70.9 Å². The summed E-state index contributed by atoms with van der Waals surface area (Å²) >= 11 is 0. The number of hydrogen-bond donors (Lipinski definition) is 1. The Morgan fingerprint density at radius 3 is 2.24 bits per heavy atom. The standard InChI is InChI=1S/C22H35N3O4/c26-21-18(15-23-7-3-1-2-4-8-23)17-29-22(27)20(21)16-24-9-11-25(12-10-24)19-5-13-28-14-6-19/h17,19,26H,1-16H2. The molecule has 0 aliphatic carbocycles. The van der Waals surface area contributed by atoms with Gasteiger partial charge in [-0.05, 0) is 38.8 Å². The van der Waals surface area contributed by atoms with Crippen LogP contribution in [0.15, 0.2) is 15.5 Å². The zero-order valence-electron chi connectivity index (χ0n) is 17.5. The molecule has 1 N–H and O–H groups in total. The van der Waals surface area contributed by atoms with E-state index >= 15 is 0 Å². The van der Waals surface area contributed by atoms with E-state index in [9.17, 15) is 9.90 Å². The first-order valence-corrected chi connectivity index (χ1v) is 11.3. The van der Waals surface area contributed by atoms with E-state index < -0.39 is 5.63 Å².